The number of thioether (sulfide) groups is 1. The quantitative estimate of drug-likeness (QED) is 0.302. The molecule has 1 heterocycles. The van der Waals surface area contributed by atoms with Crippen LogP contribution in [0, 0.1) is 6.92 Å². The van der Waals surface area contributed by atoms with Gasteiger partial charge in [0.25, 0.3) is 0 Å². The van der Waals surface area contributed by atoms with Gasteiger partial charge in [-0.05, 0) is 61.0 Å². The normalized spacial score (nSPS) is 10.7. The number of carbonyl (C=O) groups is 1. The molecular formula is C25H23ClN4O2S. The third kappa shape index (κ3) is 6.37. The highest BCUT2D eigenvalue weighted by atomic mass is 35.5. The van der Waals surface area contributed by atoms with Crippen molar-refractivity contribution in [2.45, 2.75) is 25.1 Å². The zero-order chi connectivity index (χ0) is 23.0. The molecule has 8 heteroatoms. The smallest absolute Gasteiger partial charge is 0.225 e. The molecule has 0 bridgehead atoms. The van der Waals surface area contributed by atoms with Gasteiger partial charge in [0.2, 0.25) is 5.91 Å². The molecule has 1 amide bonds. The van der Waals surface area contributed by atoms with Crippen molar-refractivity contribution in [2.75, 3.05) is 11.1 Å². The van der Waals surface area contributed by atoms with Crippen molar-refractivity contribution in [3.05, 3.63) is 95.3 Å². The molecule has 6 nitrogen and oxygen atoms in total. The minimum Gasteiger partial charge on any atom is -0.486 e. The summed E-state index contributed by atoms with van der Waals surface area (Å²) in [6.45, 7) is 2.24. The molecule has 0 unspecified atom stereocenters. The number of carbonyl (C=O) groups excluding carboxylic acids is 1. The Kier molecular flexibility index (Phi) is 7.65. The van der Waals surface area contributed by atoms with Gasteiger partial charge < -0.3 is 10.1 Å². The van der Waals surface area contributed by atoms with Crippen LogP contribution in [0.15, 0.2) is 84.0 Å². The van der Waals surface area contributed by atoms with Gasteiger partial charge in [-0.25, -0.2) is 0 Å². The maximum absolute atomic E-state index is 12.4. The molecule has 1 aromatic heterocycles. The predicted octanol–water partition coefficient (Wildman–Crippen LogP) is 5.93. The predicted molar refractivity (Wildman–Crippen MR) is 132 cm³/mol. The first-order valence-corrected chi connectivity index (χ1v) is 11.8. The monoisotopic (exact) mass is 478 g/mol. The maximum Gasteiger partial charge on any atom is 0.225 e. The van der Waals surface area contributed by atoms with Crippen LogP contribution in [-0.4, -0.2) is 26.4 Å². The number of nitrogens with zero attached hydrogens (tertiary/aromatic N) is 3. The maximum atomic E-state index is 12.4. The Hall–Kier alpha value is -3.29. The number of rotatable bonds is 9. The van der Waals surface area contributed by atoms with E-state index in [4.69, 9.17) is 16.3 Å². The fourth-order valence-corrected chi connectivity index (χ4v) is 4.22. The van der Waals surface area contributed by atoms with Gasteiger partial charge in [-0.2, -0.15) is 0 Å². The number of aromatic nitrogens is 3. The Labute approximate surface area is 202 Å². The first kappa shape index (κ1) is 22.9. The van der Waals surface area contributed by atoms with E-state index in [9.17, 15) is 4.79 Å². The SMILES string of the molecule is Cc1cccc(NC(=O)CCSc2nnc(COc3ccc(Cl)cc3)n2-c2ccccc2)c1. The van der Waals surface area contributed by atoms with Gasteiger partial charge >= 0.3 is 0 Å². The van der Waals surface area contributed by atoms with Crippen molar-refractivity contribution in [3.8, 4) is 11.4 Å². The molecule has 3 aromatic carbocycles. The highest BCUT2D eigenvalue weighted by Crippen LogP contribution is 2.24. The van der Waals surface area contributed by atoms with Crippen molar-refractivity contribution >= 4 is 35.0 Å². The number of benzene rings is 3. The number of aryl methyl sites for hydroxylation is 1. The Morgan fingerprint density at radius 1 is 1.03 bits per heavy atom. The van der Waals surface area contributed by atoms with Crippen LogP contribution in [0.4, 0.5) is 5.69 Å². The van der Waals surface area contributed by atoms with E-state index in [1.54, 1.807) is 12.1 Å². The van der Waals surface area contributed by atoms with E-state index in [1.807, 2.05) is 78.2 Å². The molecular weight excluding hydrogens is 456 g/mol. The van der Waals surface area contributed by atoms with Crippen LogP contribution in [0.25, 0.3) is 5.69 Å². The molecule has 0 aliphatic heterocycles. The van der Waals surface area contributed by atoms with Crippen LogP contribution in [0.1, 0.15) is 17.8 Å². The Bertz CT molecular complexity index is 1210. The van der Waals surface area contributed by atoms with E-state index < -0.39 is 0 Å². The van der Waals surface area contributed by atoms with Crippen molar-refractivity contribution < 1.29 is 9.53 Å². The van der Waals surface area contributed by atoms with E-state index in [-0.39, 0.29) is 12.5 Å². The van der Waals surface area contributed by atoms with Gasteiger partial charge in [0, 0.05) is 28.6 Å². The molecule has 0 saturated heterocycles. The fourth-order valence-electron chi connectivity index (χ4n) is 3.18. The summed E-state index contributed by atoms with van der Waals surface area (Å²) in [6, 6.07) is 24.8. The number of halogens is 1. The van der Waals surface area contributed by atoms with E-state index in [0.717, 1.165) is 16.9 Å². The van der Waals surface area contributed by atoms with Gasteiger partial charge in [0.15, 0.2) is 11.0 Å². The molecule has 168 valence electrons. The lowest BCUT2D eigenvalue weighted by atomic mass is 10.2. The standard InChI is InChI=1S/C25H23ClN4O2S/c1-18-6-5-7-20(16-18)27-24(31)14-15-33-25-29-28-23(30(25)21-8-3-2-4-9-21)17-32-22-12-10-19(26)11-13-22/h2-13,16H,14-15,17H2,1H3,(H,27,31). The summed E-state index contributed by atoms with van der Waals surface area (Å²) in [5.74, 6) is 1.90. The van der Waals surface area contributed by atoms with Crippen LogP contribution < -0.4 is 10.1 Å². The summed E-state index contributed by atoms with van der Waals surface area (Å²) in [6.07, 6.45) is 0.358. The molecule has 0 fully saturated rings. The van der Waals surface area contributed by atoms with E-state index >= 15 is 0 Å². The number of anilines is 1. The molecule has 4 rings (SSSR count). The van der Waals surface area contributed by atoms with Crippen molar-refractivity contribution in [2.24, 2.45) is 0 Å². The first-order chi connectivity index (χ1) is 16.1. The van der Waals surface area contributed by atoms with Gasteiger partial charge in [0.05, 0.1) is 0 Å². The second-order valence-corrected chi connectivity index (χ2v) is 8.83. The second kappa shape index (κ2) is 11.0. The summed E-state index contributed by atoms with van der Waals surface area (Å²) in [4.78, 5) is 12.4. The minimum atomic E-state index is -0.0369. The van der Waals surface area contributed by atoms with Crippen LogP contribution >= 0.6 is 23.4 Å². The number of nitrogens with one attached hydrogen (secondary N) is 1. The molecule has 0 radical (unpaired) electrons. The third-order valence-electron chi connectivity index (χ3n) is 4.76. The largest absolute Gasteiger partial charge is 0.486 e. The van der Waals surface area contributed by atoms with Crippen LogP contribution in [-0.2, 0) is 11.4 Å². The molecule has 0 atom stereocenters. The Morgan fingerprint density at radius 3 is 2.58 bits per heavy atom. The van der Waals surface area contributed by atoms with Crippen molar-refractivity contribution in [3.63, 3.8) is 0 Å². The highest BCUT2D eigenvalue weighted by Gasteiger charge is 2.16. The molecule has 0 aliphatic rings. The number of para-hydroxylation sites is 1. The van der Waals surface area contributed by atoms with E-state index in [2.05, 4.69) is 15.5 Å². The van der Waals surface area contributed by atoms with Crippen LogP contribution in [0.2, 0.25) is 5.02 Å². The summed E-state index contributed by atoms with van der Waals surface area (Å²) in [7, 11) is 0. The molecule has 0 saturated carbocycles. The molecule has 4 aromatic rings. The second-order valence-electron chi connectivity index (χ2n) is 7.33. The molecule has 33 heavy (non-hydrogen) atoms. The van der Waals surface area contributed by atoms with E-state index in [0.29, 0.717) is 33.9 Å². The van der Waals surface area contributed by atoms with E-state index in [1.165, 1.54) is 11.8 Å². The average Bonchev–Trinajstić information content (AvgIpc) is 3.22. The lowest BCUT2D eigenvalue weighted by Crippen LogP contribution is -2.12. The van der Waals surface area contributed by atoms with Crippen molar-refractivity contribution in [1.29, 1.82) is 0 Å². The number of hydrogen-bond donors (Lipinski definition) is 1. The molecule has 0 spiro atoms. The fraction of sp³-hybridized carbons (Fsp3) is 0.160. The average molecular weight is 479 g/mol. The molecule has 1 N–H and O–H groups in total. The van der Waals surface area contributed by atoms with Gasteiger partial charge in [-0.15, -0.1) is 10.2 Å². The Balaban J connectivity index is 1.42. The number of hydrogen-bond acceptors (Lipinski definition) is 5. The summed E-state index contributed by atoms with van der Waals surface area (Å²) >= 11 is 7.43. The zero-order valence-electron chi connectivity index (χ0n) is 18.1. The summed E-state index contributed by atoms with van der Waals surface area (Å²) in [5.41, 5.74) is 2.84. The number of amides is 1. The Morgan fingerprint density at radius 2 is 1.82 bits per heavy atom. The van der Waals surface area contributed by atoms with Gasteiger partial charge in [0.1, 0.15) is 12.4 Å². The third-order valence-corrected chi connectivity index (χ3v) is 5.94. The lowest BCUT2D eigenvalue weighted by Gasteiger charge is -2.11. The van der Waals surface area contributed by atoms with Gasteiger partial charge in [-0.3, -0.25) is 9.36 Å². The first-order valence-electron chi connectivity index (χ1n) is 10.5. The van der Waals surface area contributed by atoms with Crippen LogP contribution in [0.3, 0.4) is 0 Å². The summed E-state index contributed by atoms with van der Waals surface area (Å²) in [5, 5.41) is 13.0. The lowest BCUT2D eigenvalue weighted by molar-refractivity contribution is -0.115. The summed E-state index contributed by atoms with van der Waals surface area (Å²) < 4.78 is 7.84. The highest BCUT2D eigenvalue weighted by molar-refractivity contribution is 7.99. The van der Waals surface area contributed by atoms with Crippen LogP contribution in [0.5, 0.6) is 5.75 Å². The number of ether oxygens (including phenoxy) is 1. The molecule has 0 aliphatic carbocycles. The van der Waals surface area contributed by atoms with Crippen molar-refractivity contribution in [1.82, 2.24) is 14.8 Å². The van der Waals surface area contributed by atoms with Gasteiger partial charge in [-0.1, -0.05) is 53.7 Å². The zero-order valence-corrected chi connectivity index (χ0v) is 19.6. The minimum absolute atomic E-state index is 0.0369. The topological polar surface area (TPSA) is 69.0 Å².